The van der Waals surface area contributed by atoms with Crippen molar-refractivity contribution in [3.05, 3.63) is 47.6 Å². The molecule has 2 atom stereocenters. The lowest BCUT2D eigenvalue weighted by Gasteiger charge is -2.56. The molecule has 5 heteroatoms. The summed E-state index contributed by atoms with van der Waals surface area (Å²) in [5.74, 6) is 0.896. The second kappa shape index (κ2) is 5.24. The van der Waals surface area contributed by atoms with E-state index in [0.717, 1.165) is 43.3 Å². The number of fused-ring (bicyclic) bond motifs is 2. The van der Waals surface area contributed by atoms with Crippen molar-refractivity contribution >= 4 is 0 Å². The predicted molar refractivity (Wildman–Crippen MR) is 78.5 cm³/mol. The Hall–Kier alpha value is -1.72. The summed E-state index contributed by atoms with van der Waals surface area (Å²) in [5.41, 5.74) is 2.22. The molecule has 3 aliphatic rings. The van der Waals surface area contributed by atoms with Crippen LogP contribution in [0, 0.1) is 6.92 Å². The minimum Gasteiger partial charge on any atom is -0.361 e. The highest BCUT2D eigenvalue weighted by atomic mass is 16.5. The van der Waals surface area contributed by atoms with E-state index in [9.17, 15) is 0 Å². The number of hydrogen-bond acceptors (Lipinski definition) is 5. The van der Waals surface area contributed by atoms with Crippen LogP contribution in [0.25, 0.3) is 0 Å². The second-order valence-corrected chi connectivity index (χ2v) is 6.16. The highest BCUT2D eigenvalue weighted by molar-refractivity contribution is 5.10. The van der Waals surface area contributed by atoms with E-state index in [1.54, 1.807) is 0 Å². The zero-order valence-corrected chi connectivity index (χ0v) is 12.3. The lowest BCUT2D eigenvalue weighted by molar-refractivity contribution is -0.0787. The van der Waals surface area contributed by atoms with Crippen LogP contribution in [0.1, 0.15) is 23.6 Å². The first-order valence-electron chi connectivity index (χ1n) is 7.58. The summed E-state index contributed by atoms with van der Waals surface area (Å²) in [4.78, 5) is 9.51. The molecule has 5 nitrogen and oxygen atoms in total. The molecule has 0 amide bonds. The zero-order chi connectivity index (χ0) is 14.2. The van der Waals surface area contributed by atoms with Gasteiger partial charge in [0.05, 0.1) is 11.4 Å². The summed E-state index contributed by atoms with van der Waals surface area (Å²) in [6, 6.07) is 9.50. The third-order valence-electron chi connectivity index (χ3n) is 4.55. The van der Waals surface area contributed by atoms with Crippen LogP contribution in [0.15, 0.2) is 35.0 Å². The molecule has 2 unspecified atom stereocenters. The Balaban J connectivity index is 1.35. The molecular formula is C16H20N4O. The van der Waals surface area contributed by atoms with Gasteiger partial charge in [-0.3, -0.25) is 14.8 Å². The Morgan fingerprint density at radius 1 is 1.19 bits per heavy atom. The maximum Gasteiger partial charge on any atom is 0.133 e. The first kappa shape index (κ1) is 13.0. The Kier molecular flexibility index (Phi) is 3.24. The summed E-state index contributed by atoms with van der Waals surface area (Å²) in [5, 5.41) is 4.11. The summed E-state index contributed by atoms with van der Waals surface area (Å²) < 4.78 is 5.16. The normalized spacial score (nSPS) is 25.8. The van der Waals surface area contributed by atoms with Gasteiger partial charge in [0.25, 0.3) is 0 Å². The number of hydrogen-bond donors (Lipinski definition) is 0. The SMILES string of the molecule is Cc1cc(CN2C3CC2CN(Cc2ccccn2)C3)no1. The molecule has 2 bridgehead atoms. The first-order chi connectivity index (χ1) is 10.3. The van der Waals surface area contributed by atoms with Crippen molar-refractivity contribution in [3.8, 4) is 0 Å². The summed E-state index contributed by atoms with van der Waals surface area (Å²) in [7, 11) is 0. The smallest absolute Gasteiger partial charge is 0.133 e. The minimum absolute atomic E-state index is 0.657. The van der Waals surface area contributed by atoms with Gasteiger partial charge in [0.15, 0.2) is 0 Å². The molecule has 0 aromatic carbocycles. The summed E-state index contributed by atoms with van der Waals surface area (Å²) >= 11 is 0. The zero-order valence-electron chi connectivity index (χ0n) is 12.3. The average Bonchev–Trinajstić information content (AvgIpc) is 2.91. The molecule has 21 heavy (non-hydrogen) atoms. The van der Waals surface area contributed by atoms with Crippen LogP contribution in [-0.4, -0.2) is 45.1 Å². The Morgan fingerprint density at radius 2 is 2.05 bits per heavy atom. The molecule has 0 spiro atoms. The average molecular weight is 284 g/mol. The first-order valence-corrected chi connectivity index (χ1v) is 7.58. The van der Waals surface area contributed by atoms with Gasteiger partial charge in [0.2, 0.25) is 0 Å². The highest BCUT2D eigenvalue weighted by Gasteiger charge is 2.44. The van der Waals surface area contributed by atoms with E-state index in [1.165, 1.54) is 6.42 Å². The standard InChI is InChI=1S/C16H20N4O/c1-12-6-14(18-21-12)9-20-15-7-16(20)11-19(10-15)8-13-4-2-3-5-17-13/h2-6,15-16H,7-11H2,1H3. The fourth-order valence-corrected chi connectivity index (χ4v) is 3.56. The molecule has 0 aliphatic carbocycles. The monoisotopic (exact) mass is 284 g/mol. The molecule has 110 valence electrons. The van der Waals surface area contributed by atoms with E-state index in [-0.39, 0.29) is 0 Å². The maximum atomic E-state index is 5.16. The van der Waals surface area contributed by atoms with Crippen LogP contribution in [0.2, 0.25) is 0 Å². The third kappa shape index (κ3) is 2.59. The van der Waals surface area contributed by atoms with Crippen molar-refractivity contribution in [1.29, 1.82) is 0 Å². The second-order valence-electron chi connectivity index (χ2n) is 6.16. The third-order valence-corrected chi connectivity index (χ3v) is 4.55. The van der Waals surface area contributed by atoms with Gasteiger partial charge in [-0.15, -0.1) is 0 Å². The molecule has 2 aromatic heterocycles. The Bertz CT molecular complexity index is 600. The maximum absolute atomic E-state index is 5.16. The van der Waals surface area contributed by atoms with Gasteiger partial charge in [-0.1, -0.05) is 11.2 Å². The molecule has 0 N–H and O–H groups in total. The quantitative estimate of drug-likeness (QED) is 0.857. The van der Waals surface area contributed by atoms with Crippen molar-refractivity contribution in [1.82, 2.24) is 19.9 Å². The molecule has 3 fully saturated rings. The van der Waals surface area contributed by atoms with Crippen molar-refractivity contribution in [2.75, 3.05) is 13.1 Å². The number of rotatable bonds is 4. The van der Waals surface area contributed by atoms with Crippen LogP contribution >= 0.6 is 0 Å². The van der Waals surface area contributed by atoms with Crippen molar-refractivity contribution in [2.45, 2.75) is 38.5 Å². The van der Waals surface area contributed by atoms with E-state index in [0.29, 0.717) is 12.1 Å². The number of piperazine rings is 1. The number of nitrogens with zero attached hydrogens (tertiary/aromatic N) is 4. The van der Waals surface area contributed by atoms with Gasteiger partial charge in [0.1, 0.15) is 5.76 Å². The Morgan fingerprint density at radius 3 is 2.71 bits per heavy atom. The van der Waals surface area contributed by atoms with E-state index in [1.807, 2.05) is 25.3 Å². The highest BCUT2D eigenvalue weighted by Crippen LogP contribution is 2.34. The van der Waals surface area contributed by atoms with Gasteiger partial charge in [-0.2, -0.15) is 0 Å². The summed E-state index contributed by atoms with van der Waals surface area (Å²) in [6.07, 6.45) is 3.19. The van der Waals surface area contributed by atoms with Gasteiger partial charge in [0, 0.05) is 50.5 Å². The van der Waals surface area contributed by atoms with Crippen molar-refractivity contribution < 1.29 is 4.52 Å². The van der Waals surface area contributed by atoms with Gasteiger partial charge in [-0.05, 0) is 25.5 Å². The number of aryl methyl sites for hydroxylation is 1. The van der Waals surface area contributed by atoms with Gasteiger partial charge in [-0.25, -0.2) is 0 Å². The summed E-state index contributed by atoms with van der Waals surface area (Å²) in [6.45, 7) is 6.09. The fraction of sp³-hybridized carbons (Fsp3) is 0.500. The van der Waals surface area contributed by atoms with Crippen molar-refractivity contribution in [3.63, 3.8) is 0 Å². The van der Waals surface area contributed by atoms with Crippen LogP contribution in [0.5, 0.6) is 0 Å². The minimum atomic E-state index is 0.657. The topological polar surface area (TPSA) is 45.4 Å². The molecule has 2 aromatic rings. The molecule has 3 aliphatic heterocycles. The predicted octanol–water partition coefficient (Wildman–Crippen LogP) is 1.84. The number of aromatic nitrogens is 2. The molecular weight excluding hydrogens is 264 g/mol. The Labute approximate surface area is 124 Å². The van der Waals surface area contributed by atoms with E-state index in [2.05, 4.69) is 32.1 Å². The number of piperidine rings is 1. The van der Waals surface area contributed by atoms with Crippen LogP contribution in [0.3, 0.4) is 0 Å². The number of pyridine rings is 1. The van der Waals surface area contributed by atoms with Gasteiger partial charge >= 0.3 is 0 Å². The van der Waals surface area contributed by atoms with E-state index in [4.69, 9.17) is 4.52 Å². The van der Waals surface area contributed by atoms with Gasteiger partial charge < -0.3 is 4.52 Å². The molecule has 5 rings (SSSR count). The van der Waals surface area contributed by atoms with Crippen LogP contribution in [0.4, 0.5) is 0 Å². The molecule has 5 heterocycles. The van der Waals surface area contributed by atoms with Crippen LogP contribution < -0.4 is 0 Å². The molecule has 0 radical (unpaired) electrons. The molecule has 3 saturated heterocycles. The van der Waals surface area contributed by atoms with E-state index < -0.39 is 0 Å². The fourth-order valence-electron chi connectivity index (χ4n) is 3.56. The largest absolute Gasteiger partial charge is 0.361 e. The van der Waals surface area contributed by atoms with Crippen LogP contribution in [-0.2, 0) is 13.1 Å². The van der Waals surface area contributed by atoms with E-state index >= 15 is 0 Å². The lowest BCUT2D eigenvalue weighted by Crippen LogP contribution is -2.67. The molecule has 0 saturated carbocycles. The van der Waals surface area contributed by atoms with Crippen molar-refractivity contribution in [2.24, 2.45) is 0 Å². The lowest BCUT2D eigenvalue weighted by atomic mass is 9.87.